The van der Waals surface area contributed by atoms with Crippen molar-refractivity contribution in [1.29, 1.82) is 0 Å². The van der Waals surface area contributed by atoms with E-state index in [9.17, 15) is 0 Å². The smallest absolute Gasteiger partial charge is 0.0902 e. The Hall–Kier alpha value is -2.26. The fourth-order valence-electron chi connectivity index (χ4n) is 6.75. The average molecular weight is 565 g/mol. The first kappa shape index (κ1) is 21.5. The summed E-state index contributed by atoms with van der Waals surface area (Å²) in [5.41, 5.74) is 8.99. The van der Waals surface area contributed by atoms with E-state index < -0.39 is 0 Å². The molecule has 2 aromatic carbocycles. The highest BCUT2D eigenvalue weighted by molar-refractivity contribution is 8.30. The van der Waals surface area contributed by atoms with Gasteiger partial charge in [-0.25, -0.2) is 19.9 Å². The van der Waals surface area contributed by atoms with E-state index in [-0.39, 0.29) is 0 Å². The van der Waals surface area contributed by atoms with Crippen molar-refractivity contribution >= 4 is 69.1 Å². The predicted molar refractivity (Wildman–Crippen MR) is 157 cm³/mol. The minimum absolute atomic E-state index is 0.445. The first-order valence-electron chi connectivity index (χ1n) is 13.3. The summed E-state index contributed by atoms with van der Waals surface area (Å²) in [7, 11) is 0. The number of nitrogens with zero attached hydrogens (tertiary/aromatic N) is 4. The monoisotopic (exact) mass is 564 g/mol. The maximum absolute atomic E-state index is 5.13. The molecule has 4 atom stereocenters. The lowest BCUT2D eigenvalue weighted by Gasteiger charge is -2.31. The van der Waals surface area contributed by atoms with Gasteiger partial charge >= 0.3 is 0 Å². The Bertz CT molecular complexity index is 1610. The fourth-order valence-corrected chi connectivity index (χ4v) is 12.1. The van der Waals surface area contributed by atoms with Crippen molar-refractivity contribution in [2.45, 2.75) is 68.9 Å². The van der Waals surface area contributed by atoms with Crippen LogP contribution in [0.15, 0.2) is 76.6 Å². The predicted octanol–water partition coefficient (Wildman–Crippen LogP) is 8.86. The molecule has 12 rings (SSSR count). The van der Waals surface area contributed by atoms with Crippen LogP contribution in [0.5, 0.6) is 0 Å². The molecule has 0 spiro atoms. The third-order valence-electron chi connectivity index (χ3n) is 8.68. The minimum atomic E-state index is 0.445. The zero-order valence-electron chi connectivity index (χ0n) is 20.2. The average Bonchev–Trinajstić information content (AvgIpc) is 3.57. The van der Waals surface area contributed by atoms with Crippen LogP contribution in [0, 0.1) is 0 Å². The van der Waals surface area contributed by atoms with E-state index in [2.05, 4.69) is 48.6 Å². The normalized spacial score (nSPS) is 27.4. The van der Waals surface area contributed by atoms with Gasteiger partial charge in [0, 0.05) is 43.3 Å². The molecule has 4 unspecified atom stereocenters. The summed E-state index contributed by atoms with van der Waals surface area (Å²) in [6.07, 6.45) is 14.2. The highest BCUT2D eigenvalue weighted by atomic mass is 32.2. The molecule has 0 saturated heterocycles. The lowest BCUT2D eigenvalue weighted by Crippen LogP contribution is -2.20. The van der Waals surface area contributed by atoms with Crippen LogP contribution in [0.3, 0.4) is 0 Å². The molecule has 8 aliphatic rings. The molecule has 8 heteroatoms. The van der Waals surface area contributed by atoms with Crippen LogP contribution in [-0.2, 0) is 0 Å². The van der Waals surface area contributed by atoms with Crippen molar-refractivity contribution in [2.75, 3.05) is 0 Å². The third kappa shape index (κ3) is 3.00. The topological polar surface area (TPSA) is 51.6 Å². The van der Waals surface area contributed by atoms with E-state index in [0.717, 1.165) is 22.1 Å². The van der Waals surface area contributed by atoms with Crippen molar-refractivity contribution in [3.63, 3.8) is 0 Å². The first-order valence-corrected chi connectivity index (χ1v) is 16.5. The number of fused-ring (bicyclic) bond motifs is 6. The Morgan fingerprint density at radius 1 is 0.421 bits per heavy atom. The number of allylic oxidation sites excluding steroid dienone is 4. The molecule has 0 radical (unpaired) electrons. The zero-order valence-corrected chi connectivity index (χ0v) is 23.4. The fraction of sp³-hybridized carbons (Fsp3) is 0.267. The standard InChI is InChI=1S/C30H20N4S4/c1-2-14-4-3-13(1)25-26(14)32-18-10-22-21(9-17(18)31-25)35-29(36-22)30-37-23-11-19-20(12-24(23)38-30)34-28-16-6-5-15(7-8-16)27(28)33-19/h1-2,5-6,9-16H,3-4,7-8H2. The number of hydrogen-bond donors (Lipinski definition) is 0. The maximum Gasteiger partial charge on any atom is 0.0902 e. The molecule has 4 nitrogen and oxygen atoms in total. The Morgan fingerprint density at radius 2 is 0.684 bits per heavy atom. The molecule has 4 heterocycles. The van der Waals surface area contributed by atoms with Crippen molar-refractivity contribution in [3.8, 4) is 0 Å². The second kappa shape index (κ2) is 7.68. The quantitative estimate of drug-likeness (QED) is 0.196. The summed E-state index contributed by atoms with van der Waals surface area (Å²) in [6, 6.07) is 9.06. The van der Waals surface area contributed by atoms with Gasteiger partial charge in [0.05, 0.1) is 53.3 Å². The van der Waals surface area contributed by atoms with Gasteiger partial charge in [0.15, 0.2) is 0 Å². The van der Waals surface area contributed by atoms with Gasteiger partial charge in [0.2, 0.25) is 0 Å². The number of rotatable bonds is 0. The van der Waals surface area contributed by atoms with Crippen LogP contribution in [0.2, 0.25) is 0 Å². The number of hydrogen-bond acceptors (Lipinski definition) is 8. The van der Waals surface area contributed by atoms with E-state index in [1.165, 1.54) is 76.5 Å². The van der Waals surface area contributed by atoms with Crippen LogP contribution >= 0.6 is 47.0 Å². The second-order valence-corrected chi connectivity index (χ2v) is 15.6. The van der Waals surface area contributed by atoms with Crippen LogP contribution in [-0.4, -0.2) is 19.9 Å². The second-order valence-electron chi connectivity index (χ2n) is 10.9. The Balaban J connectivity index is 1.01. The summed E-state index contributed by atoms with van der Waals surface area (Å²) >= 11 is 7.54. The van der Waals surface area contributed by atoms with Gasteiger partial charge in [-0.3, -0.25) is 0 Å². The lowest BCUT2D eigenvalue weighted by molar-refractivity contribution is 0.529. The summed E-state index contributed by atoms with van der Waals surface area (Å²) in [5.74, 6) is 1.78. The molecule has 0 N–H and O–H groups in total. The van der Waals surface area contributed by atoms with Gasteiger partial charge in [-0.15, -0.1) is 0 Å². The van der Waals surface area contributed by atoms with Crippen LogP contribution < -0.4 is 0 Å². The SMILES string of the molecule is C1=CC2CCC1c1nc3cc4c(cc3nc12)SC(=C1Sc2cc3nc5c(nc3cc2S1)C1C=CC5CC1)S4. The molecule has 4 aromatic rings. The van der Waals surface area contributed by atoms with Gasteiger partial charge in [0.25, 0.3) is 0 Å². The van der Waals surface area contributed by atoms with Gasteiger partial charge < -0.3 is 0 Å². The van der Waals surface area contributed by atoms with Crippen molar-refractivity contribution in [3.05, 3.63) is 79.8 Å². The molecule has 184 valence electrons. The largest absolute Gasteiger partial charge is 0.249 e. The summed E-state index contributed by atoms with van der Waals surface area (Å²) < 4.78 is 2.72. The molecule has 0 fully saturated rings. The molecule has 4 bridgehead atoms. The summed E-state index contributed by atoms with van der Waals surface area (Å²) in [6.45, 7) is 0. The Labute approximate surface area is 236 Å². The molecule has 6 aliphatic carbocycles. The molecule has 38 heavy (non-hydrogen) atoms. The third-order valence-corrected chi connectivity index (χ3v) is 14.2. The molecule has 0 amide bonds. The number of aromatic nitrogens is 4. The highest BCUT2D eigenvalue weighted by Gasteiger charge is 2.34. The van der Waals surface area contributed by atoms with E-state index in [1.54, 1.807) is 0 Å². The number of benzene rings is 2. The summed E-state index contributed by atoms with van der Waals surface area (Å²) in [5, 5.41) is 0. The number of thioether (sulfide) groups is 4. The summed E-state index contributed by atoms with van der Waals surface area (Å²) in [4.78, 5) is 25.7. The molecular formula is C30H20N4S4. The van der Waals surface area contributed by atoms with Crippen molar-refractivity contribution < 1.29 is 0 Å². The van der Waals surface area contributed by atoms with Gasteiger partial charge in [-0.2, -0.15) is 0 Å². The van der Waals surface area contributed by atoms with Crippen LogP contribution in [0.4, 0.5) is 0 Å². The first-order chi connectivity index (χ1) is 18.7. The van der Waals surface area contributed by atoms with Crippen LogP contribution in [0.25, 0.3) is 22.1 Å². The van der Waals surface area contributed by atoms with Crippen LogP contribution in [0.1, 0.15) is 72.1 Å². The van der Waals surface area contributed by atoms with Gasteiger partial charge in [-0.05, 0) is 49.9 Å². The molecule has 2 aromatic heterocycles. The van der Waals surface area contributed by atoms with E-state index in [4.69, 9.17) is 19.9 Å². The minimum Gasteiger partial charge on any atom is -0.249 e. The van der Waals surface area contributed by atoms with Crippen molar-refractivity contribution in [1.82, 2.24) is 19.9 Å². The van der Waals surface area contributed by atoms with E-state index >= 15 is 0 Å². The van der Waals surface area contributed by atoms with E-state index in [1.807, 2.05) is 47.0 Å². The molecular weight excluding hydrogens is 545 g/mol. The molecule has 0 saturated carbocycles. The Morgan fingerprint density at radius 3 is 0.921 bits per heavy atom. The highest BCUT2D eigenvalue weighted by Crippen LogP contribution is 2.62. The Kier molecular flexibility index (Phi) is 4.36. The lowest BCUT2D eigenvalue weighted by atomic mass is 9.76. The maximum atomic E-state index is 5.13. The van der Waals surface area contributed by atoms with Gasteiger partial charge in [-0.1, -0.05) is 71.4 Å². The van der Waals surface area contributed by atoms with E-state index in [0.29, 0.717) is 23.7 Å². The molecule has 2 aliphatic heterocycles. The van der Waals surface area contributed by atoms with Gasteiger partial charge in [0.1, 0.15) is 0 Å². The zero-order chi connectivity index (χ0) is 24.5. The van der Waals surface area contributed by atoms with Crippen molar-refractivity contribution in [2.24, 2.45) is 0 Å².